The summed E-state index contributed by atoms with van der Waals surface area (Å²) in [4.78, 5) is 55.1. The van der Waals surface area contributed by atoms with Gasteiger partial charge in [-0.1, -0.05) is 160 Å². The first-order valence-corrected chi connectivity index (χ1v) is 24.7. The molecule has 346 valence electrons. The molecule has 1 unspecified atom stereocenters. The summed E-state index contributed by atoms with van der Waals surface area (Å²) in [6.07, 6.45) is 41.6. The van der Waals surface area contributed by atoms with Gasteiger partial charge in [0.05, 0.1) is 6.54 Å². The van der Waals surface area contributed by atoms with Crippen molar-refractivity contribution in [3.63, 3.8) is 0 Å². The monoisotopic (exact) mass is 850 g/mol. The molecular weight excluding hydrogens is 763 g/mol. The number of amides is 2. The van der Waals surface area contributed by atoms with Gasteiger partial charge in [0.25, 0.3) is 11.8 Å². The van der Waals surface area contributed by atoms with Crippen LogP contribution in [0.2, 0.25) is 0 Å². The van der Waals surface area contributed by atoms with Crippen molar-refractivity contribution in [2.45, 2.75) is 213 Å². The van der Waals surface area contributed by atoms with Crippen molar-refractivity contribution in [3.05, 3.63) is 59.7 Å². The summed E-state index contributed by atoms with van der Waals surface area (Å²) in [6, 6.07) is 7.14. The third-order valence-corrected chi connectivity index (χ3v) is 10.7. The minimum Gasteiger partial charge on any atom is -0.461 e. The predicted octanol–water partition coefficient (Wildman–Crippen LogP) is 12.9. The summed E-state index contributed by atoms with van der Waals surface area (Å²) in [7, 11) is 0. The van der Waals surface area contributed by atoms with Crippen molar-refractivity contribution in [1.29, 1.82) is 0 Å². The molecule has 0 aliphatic carbocycles. The number of ether oxygens (including phenoxy) is 2. The summed E-state index contributed by atoms with van der Waals surface area (Å²) in [5.41, 5.74) is 1.42. The van der Waals surface area contributed by atoms with E-state index in [2.05, 4.69) is 53.8 Å². The Bertz CT molecular complexity index is 1320. The second-order valence-corrected chi connectivity index (χ2v) is 16.5. The summed E-state index contributed by atoms with van der Waals surface area (Å²) in [5, 5.41) is 5.64. The Morgan fingerprint density at radius 2 is 1.00 bits per heavy atom. The van der Waals surface area contributed by atoms with E-state index in [-0.39, 0.29) is 37.9 Å². The molecule has 9 heteroatoms. The van der Waals surface area contributed by atoms with Crippen LogP contribution >= 0.6 is 0 Å². The fourth-order valence-corrected chi connectivity index (χ4v) is 6.89. The van der Waals surface area contributed by atoms with Gasteiger partial charge < -0.3 is 20.1 Å². The third-order valence-electron chi connectivity index (χ3n) is 10.7. The zero-order valence-corrected chi connectivity index (χ0v) is 39.0. The van der Waals surface area contributed by atoms with Gasteiger partial charge in [-0.05, 0) is 88.3 Å². The van der Waals surface area contributed by atoms with Crippen LogP contribution < -0.4 is 10.6 Å². The van der Waals surface area contributed by atoms with E-state index in [1.165, 1.54) is 89.9 Å². The van der Waals surface area contributed by atoms with E-state index < -0.39 is 18.0 Å². The lowest BCUT2D eigenvalue weighted by molar-refractivity contribution is -0.164. The highest BCUT2D eigenvalue weighted by Gasteiger charge is 2.24. The zero-order chi connectivity index (χ0) is 44.3. The molecule has 2 N–H and O–H groups in total. The van der Waals surface area contributed by atoms with Gasteiger partial charge in [0.2, 0.25) is 6.10 Å². The van der Waals surface area contributed by atoms with E-state index in [4.69, 9.17) is 9.47 Å². The lowest BCUT2D eigenvalue weighted by Crippen LogP contribution is -2.42. The fourth-order valence-electron chi connectivity index (χ4n) is 6.89. The van der Waals surface area contributed by atoms with Crippen LogP contribution in [0.4, 0.5) is 0 Å². The second-order valence-electron chi connectivity index (χ2n) is 16.5. The van der Waals surface area contributed by atoms with Crippen molar-refractivity contribution in [1.82, 2.24) is 10.6 Å². The largest absolute Gasteiger partial charge is 0.461 e. The molecule has 9 nitrogen and oxygen atoms in total. The smallest absolute Gasteiger partial charge is 0.306 e. The Balaban J connectivity index is 2.43. The van der Waals surface area contributed by atoms with E-state index in [9.17, 15) is 19.2 Å². The minimum atomic E-state index is -1.22. The summed E-state index contributed by atoms with van der Waals surface area (Å²) in [6.45, 7) is 7.35. The van der Waals surface area contributed by atoms with Gasteiger partial charge >= 0.3 is 11.9 Å². The first-order valence-electron chi connectivity index (χ1n) is 24.7. The van der Waals surface area contributed by atoms with Gasteiger partial charge in [-0.3, -0.25) is 24.2 Å². The van der Waals surface area contributed by atoms with Gasteiger partial charge in [0.15, 0.2) is 0 Å². The molecular formula is C52H87N3O6. The zero-order valence-electron chi connectivity index (χ0n) is 39.0. The maximum atomic E-state index is 13.1. The predicted molar refractivity (Wildman–Crippen MR) is 254 cm³/mol. The third kappa shape index (κ3) is 34.5. The number of hydrogen-bond donors (Lipinski definition) is 2. The van der Waals surface area contributed by atoms with Crippen LogP contribution in [0.15, 0.2) is 53.6 Å². The molecule has 61 heavy (non-hydrogen) atoms. The number of carbonyl (C=O) groups excluding carboxylic acids is 4. The van der Waals surface area contributed by atoms with E-state index >= 15 is 0 Å². The van der Waals surface area contributed by atoms with Crippen LogP contribution in [0.5, 0.6) is 0 Å². The molecule has 2 amide bonds. The summed E-state index contributed by atoms with van der Waals surface area (Å²) < 4.78 is 11.0. The van der Waals surface area contributed by atoms with Crippen molar-refractivity contribution in [3.8, 4) is 0 Å². The molecule has 1 atom stereocenters. The standard InChI is InChI=1S/C52H87N3O6/c1-4-7-9-11-13-15-17-19-21-23-25-27-29-31-33-35-49(56)60-45-48(52(59)55-43-42-53-44-46-37-39-47(40-38-46)51(58)54-41-6-3)61-50(57)36-34-32-30-28-26-24-22-20-18-16-14-12-10-8-5-2/h19-22,37-40,44,48H,4-18,23-36,41-43,45H2,1-3H3,(H,54,58)(H,55,59). The number of hydrogen-bond acceptors (Lipinski definition) is 7. The highest BCUT2D eigenvalue weighted by atomic mass is 16.6. The van der Waals surface area contributed by atoms with E-state index in [0.29, 0.717) is 25.1 Å². The number of nitrogens with one attached hydrogen (secondary N) is 2. The van der Waals surface area contributed by atoms with Gasteiger partial charge in [-0.15, -0.1) is 0 Å². The molecule has 1 rings (SSSR count). The SMILES string of the molecule is CCCCCCCCC=CCCCCCCCC(=O)OCC(OC(=O)CCCCCCCC=CCCCCCCCC)C(=O)NCCN=Cc1ccc(C(=O)NCCC)cc1. The van der Waals surface area contributed by atoms with Crippen molar-refractivity contribution in [2.75, 3.05) is 26.2 Å². The van der Waals surface area contributed by atoms with Crippen molar-refractivity contribution >= 4 is 30.0 Å². The Morgan fingerprint density at radius 1 is 0.541 bits per heavy atom. The number of allylic oxidation sites excluding steroid dienone is 4. The molecule has 0 heterocycles. The molecule has 0 radical (unpaired) electrons. The number of aliphatic imine (C=N–C) groups is 1. The van der Waals surface area contributed by atoms with Crippen LogP contribution in [0.1, 0.15) is 223 Å². The molecule has 1 aromatic carbocycles. The highest BCUT2D eigenvalue weighted by Crippen LogP contribution is 2.13. The van der Waals surface area contributed by atoms with Crippen LogP contribution in [-0.4, -0.2) is 62.3 Å². The van der Waals surface area contributed by atoms with Gasteiger partial charge in [-0.25, -0.2) is 0 Å². The Kier molecular flexibility index (Phi) is 37.7. The van der Waals surface area contributed by atoms with Crippen molar-refractivity contribution < 1.29 is 28.7 Å². The normalized spacial score (nSPS) is 12.0. The number of benzene rings is 1. The second kappa shape index (κ2) is 41.6. The molecule has 0 saturated heterocycles. The lowest BCUT2D eigenvalue weighted by Gasteiger charge is -2.17. The van der Waals surface area contributed by atoms with E-state index in [0.717, 1.165) is 82.6 Å². The fraction of sp³-hybridized carbons (Fsp3) is 0.712. The molecule has 0 saturated carbocycles. The molecule has 0 aromatic heterocycles. The van der Waals surface area contributed by atoms with Gasteiger partial charge in [0.1, 0.15) is 6.61 Å². The van der Waals surface area contributed by atoms with Gasteiger partial charge in [-0.2, -0.15) is 0 Å². The lowest BCUT2D eigenvalue weighted by atomic mass is 10.1. The highest BCUT2D eigenvalue weighted by molar-refractivity contribution is 5.95. The maximum absolute atomic E-state index is 13.1. The molecule has 1 aromatic rings. The Labute approximate surface area is 372 Å². The van der Waals surface area contributed by atoms with Crippen LogP contribution in [0, 0.1) is 0 Å². The number of rotatable bonds is 41. The molecule has 0 aliphatic heterocycles. The first-order chi connectivity index (χ1) is 29.9. The van der Waals surface area contributed by atoms with Gasteiger partial charge in [0, 0.05) is 37.7 Å². The Hall–Kier alpha value is -3.75. The van der Waals surface area contributed by atoms with Crippen LogP contribution in [0.3, 0.4) is 0 Å². The summed E-state index contributed by atoms with van der Waals surface area (Å²) >= 11 is 0. The average Bonchev–Trinajstić information content (AvgIpc) is 3.26. The number of esters is 2. The maximum Gasteiger partial charge on any atom is 0.306 e. The number of nitrogens with zero attached hydrogens (tertiary/aromatic N) is 1. The average molecular weight is 850 g/mol. The van der Waals surface area contributed by atoms with E-state index in [1.807, 2.05) is 19.1 Å². The minimum absolute atomic E-state index is 0.107. The number of unbranched alkanes of at least 4 members (excludes halogenated alkanes) is 22. The van der Waals surface area contributed by atoms with E-state index in [1.54, 1.807) is 18.3 Å². The molecule has 0 fully saturated rings. The van der Waals surface area contributed by atoms with Crippen LogP contribution in [0.25, 0.3) is 0 Å². The number of carbonyl (C=O) groups is 4. The molecule has 0 aliphatic rings. The molecule has 0 spiro atoms. The summed E-state index contributed by atoms with van der Waals surface area (Å²) in [5.74, 6) is -1.47. The molecule has 0 bridgehead atoms. The topological polar surface area (TPSA) is 123 Å². The Morgan fingerprint density at radius 3 is 1.49 bits per heavy atom. The quantitative estimate of drug-likeness (QED) is 0.0293. The van der Waals surface area contributed by atoms with Crippen LogP contribution in [-0.2, 0) is 23.9 Å². The first kappa shape index (κ1) is 55.3. The van der Waals surface area contributed by atoms with Crippen molar-refractivity contribution in [2.24, 2.45) is 4.99 Å².